The van der Waals surface area contributed by atoms with Crippen LogP contribution < -0.4 is 25.3 Å². The van der Waals surface area contributed by atoms with Crippen LogP contribution in [0.5, 0.6) is 17.2 Å². The fourth-order valence-corrected chi connectivity index (χ4v) is 1.83. The highest BCUT2D eigenvalue weighted by Gasteiger charge is 2.15. The number of nitrogens with two attached hydrogens (primary N) is 1. The van der Waals surface area contributed by atoms with Crippen LogP contribution in [0.1, 0.15) is 12.0 Å². The summed E-state index contributed by atoms with van der Waals surface area (Å²) in [6.45, 7) is 3.84. The molecule has 6 nitrogen and oxygen atoms in total. The summed E-state index contributed by atoms with van der Waals surface area (Å²) < 4.78 is 15.7. The van der Waals surface area contributed by atoms with Gasteiger partial charge in [0, 0.05) is 18.2 Å². The lowest BCUT2D eigenvalue weighted by atomic mass is 10.1. The maximum atomic E-state index is 11.8. The SMILES string of the molecule is C=CCC(N)C(=O)NCc1cc(OC)c(OC)cc1OC. The third kappa shape index (κ3) is 4.39. The van der Waals surface area contributed by atoms with Gasteiger partial charge in [-0.05, 0) is 12.5 Å². The molecule has 6 heteroatoms. The Kier molecular flexibility index (Phi) is 6.55. The Morgan fingerprint density at radius 3 is 2.33 bits per heavy atom. The van der Waals surface area contributed by atoms with E-state index in [1.807, 2.05) is 0 Å². The number of ether oxygens (including phenoxy) is 3. The van der Waals surface area contributed by atoms with Crippen LogP contribution in [0.15, 0.2) is 24.8 Å². The van der Waals surface area contributed by atoms with Gasteiger partial charge in [-0.1, -0.05) is 6.08 Å². The number of hydrogen-bond acceptors (Lipinski definition) is 5. The zero-order valence-corrected chi connectivity index (χ0v) is 12.6. The molecule has 0 heterocycles. The minimum atomic E-state index is -0.603. The van der Waals surface area contributed by atoms with Crippen molar-refractivity contribution in [2.24, 2.45) is 5.73 Å². The molecule has 1 unspecified atom stereocenters. The van der Waals surface area contributed by atoms with Crippen LogP contribution >= 0.6 is 0 Å². The van der Waals surface area contributed by atoms with Gasteiger partial charge in [-0.25, -0.2) is 0 Å². The van der Waals surface area contributed by atoms with Gasteiger partial charge in [0.2, 0.25) is 5.91 Å². The highest BCUT2D eigenvalue weighted by atomic mass is 16.5. The zero-order valence-electron chi connectivity index (χ0n) is 12.6. The average Bonchev–Trinajstić information content (AvgIpc) is 2.51. The smallest absolute Gasteiger partial charge is 0.237 e. The molecule has 21 heavy (non-hydrogen) atoms. The lowest BCUT2D eigenvalue weighted by Crippen LogP contribution is -2.39. The highest BCUT2D eigenvalue weighted by molar-refractivity contribution is 5.81. The van der Waals surface area contributed by atoms with Crippen LogP contribution in [0.2, 0.25) is 0 Å². The molecule has 0 spiro atoms. The number of amides is 1. The Morgan fingerprint density at radius 1 is 1.24 bits per heavy atom. The van der Waals surface area contributed by atoms with Crippen molar-refractivity contribution in [1.82, 2.24) is 5.32 Å². The summed E-state index contributed by atoms with van der Waals surface area (Å²) >= 11 is 0. The second-order valence-electron chi connectivity index (χ2n) is 4.37. The van der Waals surface area contributed by atoms with Crippen LogP contribution in [0.3, 0.4) is 0 Å². The molecule has 1 aromatic carbocycles. The van der Waals surface area contributed by atoms with Gasteiger partial charge >= 0.3 is 0 Å². The molecule has 0 fully saturated rings. The summed E-state index contributed by atoms with van der Waals surface area (Å²) in [6.07, 6.45) is 2.04. The maximum Gasteiger partial charge on any atom is 0.237 e. The number of benzene rings is 1. The quantitative estimate of drug-likeness (QED) is 0.705. The summed E-state index contributed by atoms with van der Waals surface area (Å²) in [5, 5.41) is 2.76. The van der Waals surface area contributed by atoms with Crippen LogP contribution in [0.4, 0.5) is 0 Å². The lowest BCUT2D eigenvalue weighted by Gasteiger charge is -2.15. The Hall–Kier alpha value is -2.21. The first-order chi connectivity index (χ1) is 10.1. The van der Waals surface area contributed by atoms with Crippen LogP contribution in [0, 0.1) is 0 Å². The number of carbonyl (C=O) groups excluding carboxylic acids is 1. The maximum absolute atomic E-state index is 11.8. The van der Waals surface area contributed by atoms with E-state index in [0.29, 0.717) is 23.7 Å². The average molecular weight is 294 g/mol. The second-order valence-corrected chi connectivity index (χ2v) is 4.37. The summed E-state index contributed by atoms with van der Waals surface area (Å²) in [4.78, 5) is 11.8. The van der Waals surface area contributed by atoms with Crippen molar-refractivity contribution < 1.29 is 19.0 Å². The zero-order chi connectivity index (χ0) is 15.8. The molecule has 0 saturated carbocycles. The fourth-order valence-electron chi connectivity index (χ4n) is 1.83. The molecule has 0 aliphatic heterocycles. The number of methoxy groups -OCH3 is 3. The van der Waals surface area contributed by atoms with Crippen molar-refractivity contribution in [2.45, 2.75) is 19.0 Å². The van der Waals surface area contributed by atoms with E-state index < -0.39 is 6.04 Å². The molecule has 3 N–H and O–H groups in total. The molecule has 0 saturated heterocycles. The van der Waals surface area contributed by atoms with E-state index in [9.17, 15) is 4.79 Å². The van der Waals surface area contributed by atoms with E-state index in [-0.39, 0.29) is 12.5 Å². The predicted molar refractivity (Wildman–Crippen MR) is 80.7 cm³/mol. The highest BCUT2D eigenvalue weighted by Crippen LogP contribution is 2.34. The molecule has 0 radical (unpaired) electrons. The number of rotatable bonds is 8. The third-order valence-corrected chi connectivity index (χ3v) is 3.00. The fraction of sp³-hybridized carbons (Fsp3) is 0.400. The molecule has 1 aromatic rings. The van der Waals surface area contributed by atoms with Crippen molar-refractivity contribution in [1.29, 1.82) is 0 Å². The molecular formula is C15H22N2O4. The minimum absolute atomic E-state index is 0.244. The van der Waals surface area contributed by atoms with Crippen LogP contribution in [-0.2, 0) is 11.3 Å². The predicted octanol–water partition coefficient (Wildman–Crippen LogP) is 1.23. The molecule has 0 bridgehead atoms. The summed E-state index contributed by atoms with van der Waals surface area (Å²) in [5.74, 6) is 1.49. The molecule has 0 aromatic heterocycles. The van der Waals surface area contributed by atoms with Crippen molar-refractivity contribution in [3.05, 3.63) is 30.4 Å². The van der Waals surface area contributed by atoms with Crippen LogP contribution in [0.25, 0.3) is 0 Å². The Morgan fingerprint density at radius 2 is 1.81 bits per heavy atom. The summed E-state index contributed by atoms with van der Waals surface area (Å²) in [7, 11) is 4.65. The molecule has 1 amide bonds. The Bertz CT molecular complexity index is 503. The summed E-state index contributed by atoms with van der Waals surface area (Å²) in [6, 6.07) is 2.87. The van der Waals surface area contributed by atoms with E-state index in [0.717, 1.165) is 5.56 Å². The molecule has 0 aliphatic carbocycles. The van der Waals surface area contributed by atoms with Crippen molar-refractivity contribution >= 4 is 5.91 Å². The van der Waals surface area contributed by atoms with Crippen molar-refractivity contribution in [3.8, 4) is 17.2 Å². The van der Waals surface area contributed by atoms with Gasteiger partial charge in [0.15, 0.2) is 11.5 Å². The van der Waals surface area contributed by atoms with Gasteiger partial charge in [0.05, 0.1) is 27.4 Å². The van der Waals surface area contributed by atoms with E-state index >= 15 is 0 Å². The van der Waals surface area contributed by atoms with Gasteiger partial charge in [0.25, 0.3) is 0 Å². The molecule has 1 rings (SSSR count). The van der Waals surface area contributed by atoms with Gasteiger partial charge in [0.1, 0.15) is 5.75 Å². The first-order valence-corrected chi connectivity index (χ1v) is 6.50. The summed E-state index contributed by atoms with van der Waals surface area (Å²) in [5.41, 5.74) is 6.48. The van der Waals surface area contributed by atoms with Gasteiger partial charge in [-0.3, -0.25) is 4.79 Å². The van der Waals surface area contributed by atoms with E-state index in [4.69, 9.17) is 19.9 Å². The third-order valence-electron chi connectivity index (χ3n) is 3.00. The molecule has 0 aliphatic rings. The van der Waals surface area contributed by atoms with Gasteiger partial charge in [-0.2, -0.15) is 0 Å². The molecular weight excluding hydrogens is 272 g/mol. The second kappa shape index (κ2) is 8.16. The molecule has 1 atom stereocenters. The van der Waals surface area contributed by atoms with E-state index in [1.165, 1.54) is 0 Å². The number of nitrogens with one attached hydrogen (secondary N) is 1. The largest absolute Gasteiger partial charge is 0.496 e. The van der Waals surface area contributed by atoms with Crippen molar-refractivity contribution in [2.75, 3.05) is 21.3 Å². The topological polar surface area (TPSA) is 82.8 Å². The van der Waals surface area contributed by atoms with Gasteiger partial charge < -0.3 is 25.3 Å². The van der Waals surface area contributed by atoms with Gasteiger partial charge in [-0.15, -0.1) is 6.58 Å². The minimum Gasteiger partial charge on any atom is -0.496 e. The molecule has 116 valence electrons. The first-order valence-electron chi connectivity index (χ1n) is 6.50. The van der Waals surface area contributed by atoms with E-state index in [1.54, 1.807) is 39.5 Å². The number of hydrogen-bond donors (Lipinski definition) is 2. The van der Waals surface area contributed by atoms with E-state index in [2.05, 4.69) is 11.9 Å². The number of carbonyl (C=O) groups is 1. The Balaban J connectivity index is 2.87. The van der Waals surface area contributed by atoms with Crippen molar-refractivity contribution in [3.63, 3.8) is 0 Å². The monoisotopic (exact) mass is 294 g/mol. The standard InChI is InChI=1S/C15H22N2O4/c1-5-6-11(16)15(18)17-9-10-7-13(20-3)14(21-4)8-12(10)19-2/h5,7-8,11H,1,6,9,16H2,2-4H3,(H,17,18). The normalized spacial score (nSPS) is 11.4. The lowest BCUT2D eigenvalue weighted by molar-refractivity contribution is -0.122. The van der Waals surface area contributed by atoms with Crippen LogP contribution in [-0.4, -0.2) is 33.3 Å². The first kappa shape index (κ1) is 16.8. The Labute approximate surface area is 124 Å².